The molecule has 0 fully saturated rings. The normalized spacial score (nSPS) is 18.2. The number of para-hydroxylation sites is 1. The summed E-state index contributed by atoms with van der Waals surface area (Å²) in [4.78, 5) is 2.42. The van der Waals surface area contributed by atoms with Crippen LogP contribution in [0.15, 0.2) is 188 Å². The molecular formula is C55H43NO. The van der Waals surface area contributed by atoms with Gasteiger partial charge in [-0.2, -0.15) is 0 Å². The summed E-state index contributed by atoms with van der Waals surface area (Å²) in [6.45, 7) is 4.72. The summed E-state index contributed by atoms with van der Waals surface area (Å²) >= 11 is 0. The minimum atomic E-state index is -0.101. The minimum absolute atomic E-state index is 0.0561. The Labute approximate surface area is 335 Å². The predicted molar refractivity (Wildman–Crippen MR) is 239 cm³/mol. The first-order chi connectivity index (χ1) is 28.0. The lowest BCUT2D eigenvalue weighted by Crippen LogP contribution is -2.17. The summed E-state index contributed by atoms with van der Waals surface area (Å²) in [7, 11) is 0. The summed E-state index contributed by atoms with van der Waals surface area (Å²) < 4.78 is 6.26. The van der Waals surface area contributed by atoms with Gasteiger partial charge in [0.15, 0.2) is 0 Å². The second-order valence-corrected chi connectivity index (χ2v) is 16.3. The van der Waals surface area contributed by atoms with Gasteiger partial charge in [-0.1, -0.05) is 153 Å². The molecule has 0 radical (unpaired) electrons. The van der Waals surface area contributed by atoms with Crippen LogP contribution < -0.4 is 9.64 Å². The van der Waals surface area contributed by atoms with Gasteiger partial charge in [-0.25, -0.2) is 0 Å². The molecule has 0 spiro atoms. The molecule has 1 heterocycles. The van der Waals surface area contributed by atoms with E-state index in [9.17, 15) is 0 Å². The Morgan fingerprint density at radius 3 is 2.11 bits per heavy atom. The predicted octanol–water partition coefficient (Wildman–Crippen LogP) is 14.5. The number of rotatable bonds is 6. The standard InChI is InChI=1S/C55H43NO/c1-55(2)50-18-10-8-16-46(50)47-32-30-43(35-51(47)55)56(41-26-20-36(21-27-41)40-25-33-53-49(34-40)48-17-9-11-19-52(48)57-53)42-28-22-38(23-29-42)45-31-24-37-12-6-7-15-44(37)54(45)39-13-4-3-5-14-39/h4,6-35,49,53H,3,5H2,1-2H3. The molecule has 0 saturated carbocycles. The van der Waals surface area contributed by atoms with Gasteiger partial charge in [0.25, 0.3) is 0 Å². The fourth-order valence-corrected chi connectivity index (χ4v) is 9.74. The van der Waals surface area contributed by atoms with Crippen molar-refractivity contribution >= 4 is 39.0 Å². The second kappa shape index (κ2) is 13.2. The Balaban J connectivity index is 1.00. The van der Waals surface area contributed by atoms with E-state index in [4.69, 9.17) is 4.74 Å². The van der Waals surface area contributed by atoms with Gasteiger partial charge >= 0.3 is 0 Å². The van der Waals surface area contributed by atoms with Gasteiger partial charge in [-0.3, -0.25) is 0 Å². The molecule has 57 heavy (non-hydrogen) atoms. The highest BCUT2D eigenvalue weighted by Gasteiger charge is 2.36. The number of nitrogens with zero attached hydrogens (tertiary/aromatic N) is 1. The van der Waals surface area contributed by atoms with Crippen molar-refractivity contribution < 1.29 is 4.74 Å². The molecule has 0 N–H and O–H groups in total. The average molecular weight is 734 g/mol. The van der Waals surface area contributed by atoms with Gasteiger partial charge in [0.1, 0.15) is 11.9 Å². The third-order valence-electron chi connectivity index (χ3n) is 12.7. The zero-order chi connectivity index (χ0) is 38.1. The first kappa shape index (κ1) is 33.7. The number of anilines is 3. The molecular weight excluding hydrogens is 691 g/mol. The molecule has 1 aliphatic heterocycles. The summed E-state index contributed by atoms with van der Waals surface area (Å²) in [5, 5.41) is 2.56. The van der Waals surface area contributed by atoms with E-state index in [0.717, 1.165) is 35.7 Å². The van der Waals surface area contributed by atoms with Gasteiger partial charge < -0.3 is 9.64 Å². The molecule has 0 amide bonds. The van der Waals surface area contributed by atoms with Crippen LogP contribution in [0.2, 0.25) is 0 Å². The monoisotopic (exact) mass is 733 g/mol. The SMILES string of the molecule is CC1(C)c2ccccc2-c2ccc(N(c3ccc(C4=CC5c6ccccc6OC5C=C4)cc3)c3ccc(-c4ccc5ccccc5c4C4=CCCC=C4)cc3)cc21. The smallest absolute Gasteiger partial charge is 0.128 e. The van der Waals surface area contributed by atoms with Crippen molar-refractivity contribution in [3.63, 3.8) is 0 Å². The number of fused-ring (bicyclic) bond motifs is 7. The van der Waals surface area contributed by atoms with Gasteiger partial charge in [-0.15, -0.1) is 0 Å². The van der Waals surface area contributed by atoms with Crippen molar-refractivity contribution in [3.05, 3.63) is 216 Å². The van der Waals surface area contributed by atoms with E-state index in [1.807, 2.05) is 0 Å². The fraction of sp³-hybridized carbons (Fsp3) is 0.127. The number of allylic oxidation sites excluding steroid dienone is 6. The van der Waals surface area contributed by atoms with Crippen molar-refractivity contribution in [1.82, 2.24) is 0 Å². The summed E-state index contributed by atoms with van der Waals surface area (Å²) in [5.74, 6) is 1.22. The van der Waals surface area contributed by atoms with E-state index < -0.39 is 0 Å². The second-order valence-electron chi connectivity index (χ2n) is 16.3. The van der Waals surface area contributed by atoms with E-state index in [-0.39, 0.29) is 17.4 Å². The third-order valence-corrected chi connectivity index (χ3v) is 12.7. The van der Waals surface area contributed by atoms with Crippen LogP contribution in [0.4, 0.5) is 17.1 Å². The molecule has 4 aliphatic rings. The van der Waals surface area contributed by atoms with Crippen LogP contribution in [0.3, 0.4) is 0 Å². The van der Waals surface area contributed by atoms with Gasteiger partial charge in [0, 0.05) is 34.0 Å². The zero-order valence-electron chi connectivity index (χ0n) is 32.3. The van der Waals surface area contributed by atoms with Crippen molar-refractivity contribution in [1.29, 1.82) is 0 Å². The Morgan fingerprint density at radius 1 is 0.579 bits per heavy atom. The van der Waals surface area contributed by atoms with E-state index in [1.165, 1.54) is 72.0 Å². The zero-order valence-corrected chi connectivity index (χ0v) is 32.3. The van der Waals surface area contributed by atoms with Crippen LogP contribution in [-0.2, 0) is 5.41 Å². The maximum absolute atomic E-state index is 6.26. The Morgan fingerprint density at radius 2 is 1.28 bits per heavy atom. The lowest BCUT2D eigenvalue weighted by atomic mass is 9.82. The van der Waals surface area contributed by atoms with Crippen LogP contribution in [0, 0.1) is 0 Å². The van der Waals surface area contributed by atoms with E-state index in [1.54, 1.807) is 0 Å². The van der Waals surface area contributed by atoms with Crippen LogP contribution in [0.25, 0.3) is 44.2 Å². The molecule has 7 aromatic carbocycles. The van der Waals surface area contributed by atoms with Gasteiger partial charge in [-0.05, 0) is 128 Å². The number of ether oxygens (including phenoxy) is 1. The fourth-order valence-electron chi connectivity index (χ4n) is 9.74. The third kappa shape index (κ3) is 5.54. The molecule has 274 valence electrons. The summed E-state index contributed by atoms with van der Waals surface area (Å²) in [6.07, 6.45) is 16.1. The van der Waals surface area contributed by atoms with Crippen molar-refractivity contribution in [2.75, 3.05) is 4.90 Å². The minimum Gasteiger partial charge on any atom is -0.485 e. The highest BCUT2D eigenvalue weighted by Crippen LogP contribution is 2.51. The molecule has 11 rings (SSSR count). The molecule has 2 nitrogen and oxygen atoms in total. The molecule has 2 heteroatoms. The van der Waals surface area contributed by atoms with Crippen molar-refractivity contribution in [2.24, 2.45) is 0 Å². The molecule has 7 aromatic rings. The first-order valence-electron chi connectivity index (χ1n) is 20.3. The quantitative estimate of drug-likeness (QED) is 0.169. The maximum Gasteiger partial charge on any atom is 0.128 e. The molecule has 3 aliphatic carbocycles. The topological polar surface area (TPSA) is 12.5 Å². The maximum atomic E-state index is 6.26. The molecule has 2 atom stereocenters. The summed E-state index contributed by atoms with van der Waals surface area (Å²) in [5.41, 5.74) is 17.5. The van der Waals surface area contributed by atoms with Crippen molar-refractivity contribution in [3.8, 4) is 28.0 Å². The number of hydrogen-bond acceptors (Lipinski definition) is 2. The lowest BCUT2D eigenvalue weighted by Gasteiger charge is -2.28. The highest BCUT2D eigenvalue weighted by molar-refractivity contribution is 6.03. The molecule has 0 aromatic heterocycles. The van der Waals surface area contributed by atoms with Crippen LogP contribution in [-0.4, -0.2) is 6.10 Å². The first-order valence-corrected chi connectivity index (χ1v) is 20.3. The van der Waals surface area contributed by atoms with Gasteiger partial charge in [0.05, 0.1) is 0 Å². The largest absolute Gasteiger partial charge is 0.485 e. The Bertz CT molecular complexity index is 2850. The summed E-state index contributed by atoms with van der Waals surface area (Å²) in [6, 6.07) is 56.0. The van der Waals surface area contributed by atoms with E-state index >= 15 is 0 Å². The molecule has 0 saturated heterocycles. The van der Waals surface area contributed by atoms with Crippen molar-refractivity contribution in [2.45, 2.75) is 44.1 Å². The molecule has 2 unspecified atom stereocenters. The Kier molecular flexibility index (Phi) is 7.83. The van der Waals surface area contributed by atoms with E-state index in [0.29, 0.717) is 0 Å². The van der Waals surface area contributed by atoms with E-state index in [2.05, 4.69) is 207 Å². The molecule has 0 bridgehead atoms. The number of hydrogen-bond donors (Lipinski definition) is 0. The Hall–Kier alpha value is -6.64. The van der Waals surface area contributed by atoms with Crippen LogP contribution >= 0.6 is 0 Å². The highest BCUT2D eigenvalue weighted by atomic mass is 16.5. The number of benzene rings is 7. The van der Waals surface area contributed by atoms with Crippen LogP contribution in [0.1, 0.15) is 60.4 Å². The van der Waals surface area contributed by atoms with Crippen LogP contribution in [0.5, 0.6) is 5.75 Å². The average Bonchev–Trinajstić information content (AvgIpc) is 3.75. The lowest BCUT2D eigenvalue weighted by molar-refractivity contribution is 0.269. The van der Waals surface area contributed by atoms with Gasteiger partial charge in [0.2, 0.25) is 0 Å².